The smallest absolute Gasteiger partial charge is 0.135 e. The van der Waals surface area contributed by atoms with Crippen LogP contribution in [0, 0.1) is 18.3 Å². The molecule has 0 aliphatic carbocycles. The zero-order valence-corrected chi connectivity index (χ0v) is 14.1. The quantitative estimate of drug-likeness (QED) is 0.568. The van der Waals surface area contributed by atoms with Crippen molar-refractivity contribution in [2.75, 3.05) is 0 Å². The summed E-state index contributed by atoms with van der Waals surface area (Å²) in [6.45, 7) is 2.01. The van der Waals surface area contributed by atoms with E-state index in [0.717, 1.165) is 20.6 Å². The van der Waals surface area contributed by atoms with Crippen LogP contribution < -0.4 is 0 Å². The zero-order chi connectivity index (χ0) is 15.5. The molecule has 2 heterocycles. The molecule has 3 rings (SSSR count). The SMILES string of the molecule is Cc1sc(/C(C#N)=C/c2ccco2)nc1-c1ccc(Br)cc1. The van der Waals surface area contributed by atoms with Gasteiger partial charge in [0.15, 0.2) is 0 Å². The first-order chi connectivity index (χ1) is 10.7. The number of nitriles is 1. The van der Waals surface area contributed by atoms with Crippen molar-refractivity contribution >= 4 is 38.9 Å². The monoisotopic (exact) mass is 370 g/mol. The lowest BCUT2D eigenvalue weighted by molar-refractivity contribution is 0.557. The summed E-state index contributed by atoms with van der Waals surface area (Å²) in [4.78, 5) is 5.71. The van der Waals surface area contributed by atoms with E-state index in [1.54, 1.807) is 18.4 Å². The number of hydrogen-bond donors (Lipinski definition) is 0. The maximum atomic E-state index is 9.39. The second kappa shape index (κ2) is 6.30. The standard InChI is InChI=1S/C17H11BrN2OS/c1-11-16(12-4-6-14(18)7-5-12)20-17(22-11)13(10-19)9-15-3-2-8-21-15/h2-9H,1H3/b13-9+. The van der Waals surface area contributed by atoms with E-state index in [1.807, 2.05) is 37.3 Å². The molecule has 0 bridgehead atoms. The third kappa shape index (κ3) is 3.03. The number of aromatic nitrogens is 1. The molecule has 0 unspecified atom stereocenters. The van der Waals surface area contributed by atoms with Crippen molar-refractivity contribution in [2.24, 2.45) is 0 Å². The van der Waals surface area contributed by atoms with E-state index in [2.05, 4.69) is 27.0 Å². The highest BCUT2D eigenvalue weighted by molar-refractivity contribution is 9.10. The highest BCUT2D eigenvalue weighted by Gasteiger charge is 2.13. The summed E-state index contributed by atoms with van der Waals surface area (Å²) in [6.07, 6.45) is 3.30. The summed E-state index contributed by atoms with van der Waals surface area (Å²) in [5, 5.41) is 10.1. The second-order valence-electron chi connectivity index (χ2n) is 4.62. The van der Waals surface area contributed by atoms with Crippen LogP contribution in [-0.2, 0) is 0 Å². The van der Waals surface area contributed by atoms with Crippen molar-refractivity contribution < 1.29 is 4.42 Å². The first kappa shape index (κ1) is 14.8. The van der Waals surface area contributed by atoms with Crippen LogP contribution in [0.4, 0.5) is 0 Å². The van der Waals surface area contributed by atoms with Gasteiger partial charge in [-0.2, -0.15) is 5.26 Å². The molecule has 3 nitrogen and oxygen atoms in total. The van der Waals surface area contributed by atoms with E-state index in [4.69, 9.17) is 4.42 Å². The van der Waals surface area contributed by atoms with Crippen LogP contribution >= 0.6 is 27.3 Å². The minimum absolute atomic E-state index is 0.506. The van der Waals surface area contributed by atoms with Crippen LogP contribution in [-0.4, -0.2) is 4.98 Å². The summed E-state index contributed by atoms with van der Waals surface area (Å²) in [5.74, 6) is 0.648. The number of halogens is 1. The summed E-state index contributed by atoms with van der Waals surface area (Å²) in [6, 6.07) is 13.8. The van der Waals surface area contributed by atoms with Gasteiger partial charge in [-0.3, -0.25) is 0 Å². The normalized spacial score (nSPS) is 11.4. The van der Waals surface area contributed by atoms with Gasteiger partial charge in [0.2, 0.25) is 0 Å². The van der Waals surface area contributed by atoms with Crippen molar-refractivity contribution in [1.82, 2.24) is 4.98 Å². The van der Waals surface area contributed by atoms with E-state index < -0.39 is 0 Å². The van der Waals surface area contributed by atoms with Crippen LogP contribution in [0.1, 0.15) is 15.6 Å². The van der Waals surface area contributed by atoms with Gasteiger partial charge in [-0.05, 0) is 31.2 Å². The number of benzene rings is 1. The molecule has 0 aliphatic rings. The molecule has 0 saturated heterocycles. The molecule has 0 saturated carbocycles. The highest BCUT2D eigenvalue weighted by atomic mass is 79.9. The Hall–Kier alpha value is -2.16. The average molecular weight is 371 g/mol. The number of furan rings is 1. The average Bonchev–Trinajstić information content (AvgIpc) is 3.15. The Labute approximate surface area is 140 Å². The molecule has 5 heteroatoms. The van der Waals surface area contributed by atoms with E-state index in [1.165, 1.54) is 11.3 Å². The first-order valence-electron chi connectivity index (χ1n) is 6.56. The van der Waals surface area contributed by atoms with Gasteiger partial charge in [-0.1, -0.05) is 28.1 Å². The summed E-state index contributed by atoms with van der Waals surface area (Å²) in [5.41, 5.74) is 2.46. The molecule has 1 aromatic carbocycles. The van der Waals surface area contributed by atoms with Gasteiger partial charge in [0.05, 0.1) is 17.5 Å². The van der Waals surface area contributed by atoms with Crippen LogP contribution in [0.15, 0.2) is 51.6 Å². The van der Waals surface area contributed by atoms with E-state index in [0.29, 0.717) is 16.3 Å². The van der Waals surface area contributed by atoms with Crippen LogP contribution in [0.2, 0.25) is 0 Å². The number of rotatable bonds is 3. The Balaban J connectivity index is 2.01. The Bertz CT molecular complexity index is 855. The largest absolute Gasteiger partial charge is 0.465 e. The van der Waals surface area contributed by atoms with E-state index >= 15 is 0 Å². The third-order valence-corrected chi connectivity index (χ3v) is 4.63. The Morgan fingerprint density at radius 1 is 1.32 bits per heavy atom. The Kier molecular flexibility index (Phi) is 4.23. The molecule has 0 spiro atoms. The molecular formula is C17H11BrN2OS. The fourth-order valence-electron chi connectivity index (χ4n) is 2.04. The predicted molar refractivity (Wildman–Crippen MR) is 92.2 cm³/mol. The molecule has 3 aromatic rings. The lowest BCUT2D eigenvalue weighted by Crippen LogP contribution is -1.83. The molecule has 0 amide bonds. The molecule has 2 aromatic heterocycles. The van der Waals surface area contributed by atoms with E-state index in [-0.39, 0.29) is 0 Å². The highest BCUT2D eigenvalue weighted by Crippen LogP contribution is 2.32. The van der Waals surface area contributed by atoms with Crippen molar-refractivity contribution in [1.29, 1.82) is 5.26 Å². The maximum Gasteiger partial charge on any atom is 0.135 e. The minimum Gasteiger partial charge on any atom is -0.465 e. The minimum atomic E-state index is 0.506. The van der Waals surface area contributed by atoms with Gasteiger partial charge in [0.1, 0.15) is 16.8 Å². The predicted octanol–water partition coefficient (Wildman–Crippen LogP) is 5.54. The lowest BCUT2D eigenvalue weighted by Gasteiger charge is -1.98. The van der Waals surface area contributed by atoms with Gasteiger partial charge in [0, 0.05) is 21.0 Å². The number of nitrogens with zero attached hydrogens (tertiary/aromatic N) is 2. The van der Waals surface area contributed by atoms with Gasteiger partial charge in [-0.15, -0.1) is 11.3 Å². The number of hydrogen-bond acceptors (Lipinski definition) is 4. The second-order valence-corrected chi connectivity index (χ2v) is 6.73. The van der Waals surface area contributed by atoms with E-state index in [9.17, 15) is 5.26 Å². The Morgan fingerprint density at radius 3 is 2.73 bits per heavy atom. The zero-order valence-electron chi connectivity index (χ0n) is 11.7. The van der Waals surface area contributed by atoms with Gasteiger partial charge >= 0.3 is 0 Å². The van der Waals surface area contributed by atoms with Crippen molar-refractivity contribution in [3.8, 4) is 17.3 Å². The summed E-state index contributed by atoms with van der Waals surface area (Å²) < 4.78 is 6.29. The van der Waals surface area contributed by atoms with Crippen LogP contribution in [0.5, 0.6) is 0 Å². The van der Waals surface area contributed by atoms with Crippen LogP contribution in [0.3, 0.4) is 0 Å². The molecule has 0 fully saturated rings. The fourth-order valence-corrected chi connectivity index (χ4v) is 3.21. The molecule has 0 N–H and O–H groups in total. The summed E-state index contributed by atoms with van der Waals surface area (Å²) >= 11 is 4.94. The lowest BCUT2D eigenvalue weighted by atomic mass is 10.1. The number of aryl methyl sites for hydroxylation is 1. The van der Waals surface area contributed by atoms with Gasteiger partial charge in [-0.25, -0.2) is 4.98 Å². The molecular weight excluding hydrogens is 360 g/mol. The maximum absolute atomic E-state index is 9.39. The van der Waals surface area contributed by atoms with Gasteiger partial charge in [0.25, 0.3) is 0 Å². The molecule has 0 atom stereocenters. The number of thiazole rings is 1. The van der Waals surface area contributed by atoms with Crippen molar-refractivity contribution in [2.45, 2.75) is 6.92 Å². The van der Waals surface area contributed by atoms with Crippen molar-refractivity contribution in [3.05, 3.63) is 62.8 Å². The van der Waals surface area contributed by atoms with Gasteiger partial charge < -0.3 is 4.42 Å². The third-order valence-electron chi connectivity index (χ3n) is 3.09. The topological polar surface area (TPSA) is 49.8 Å². The molecule has 0 radical (unpaired) electrons. The molecule has 108 valence electrons. The van der Waals surface area contributed by atoms with Crippen LogP contribution in [0.25, 0.3) is 22.9 Å². The Morgan fingerprint density at radius 2 is 2.09 bits per heavy atom. The van der Waals surface area contributed by atoms with Crippen molar-refractivity contribution in [3.63, 3.8) is 0 Å². The molecule has 0 aliphatic heterocycles. The number of allylic oxidation sites excluding steroid dienone is 1. The fraction of sp³-hybridized carbons (Fsp3) is 0.0588. The summed E-state index contributed by atoms with van der Waals surface area (Å²) in [7, 11) is 0. The first-order valence-corrected chi connectivity index (χ1v) is 8.17. The molecule has 22 heavy (non-hydrogen) atoms.